The maximum atomic E-state index is 5.90. The molecule has 0 fully saturated rings. The van der Waals surface area contributed by atoms with Crippen molar-refractivity contribution in [2.45, 2.75) is 67.1 Å². The van der Waals surface area contributed by atoms with Gasteiger partial charge >= 0.3 is 0 Å². The molecule has 0 aliphatic rings. The molecule has 0 N–H and O–H groups in total. The summed E-state index contributed by atoms with van der Waals surface area (Å²) in [6.07, 6.45) is 1.27. The topological polar surface area (TPSA) is 19.0 Å². The van der Waals surface area contributed by atoms with Crippen LogP contribution in [0.5, 0.6) is 0 Å². The van der Waals surface area contributed by atoms with Crippen molar-refractivity contribution in [3.8, 4) is 0 Å². The molecular formula is C21H49N3OSi. The van der Waals surface area contributed by atoms with Crippen molar-refractivity contribution in [3.63, 3.8) is 0 Å². The molecule has 0 bridgehead atoms. The lowest BCUT2D eigenvalue weighted by Gasteiger charge is -2.45. The van der Waals surface area contributed by atoms with E-state index in [0.717, 1.165) is 39.3 Å². The van der Waals surface area contributed by atoms with Crippen LogP contribution in [0.1, 0.15) is 48.0 Å². The average molecular weight is 388 g/mol. The first kappa shape index (κ1) is 26.1. The third kappa shape index (κ3) is 9.31. The molecule has 0 atom stereocenters. The molecule has 0 saturated carbocycles. The Balaban J connectivity index is 5.69. The first-order chi connectivity index (χ1) is 12.2. The highest BCUT2D eigenvalue weighted by atomic mass is 28.4. The lowest BCUT2D eigenvalue weighted by Crippen LogP contribution is -2.52. The van der Waals surface area contributed by atoms with E-state index in [-0.39, 0.29) is 0 Å². The Labute approximate surface area is 166 Å². The molecule has 0 amide bonds. The fourth-order valence-electron chi connectivity index (χ4n) is 3.82. The van der Waals surface area contributed by atoms with Gasteiger partial charge in [-0.15, -0.1) is 0 Å². The van der Waals surface area contributed by atoms with E-state index in [1.165, 1.54) is 32.1 Å². The lowest BCUT2D eigenvalue weighted by atomic mass is 9.82. The Bertz CT molecular complexity index is 304. The second-order valence-corrected chi connectivity index (χ2v) is 12.8. The molecule has 4 nitrogen and oxygen atoms in total. The van der Waals surface area contributed by atoms with Crippen molar-refractivity contribution >= 4 is 8.32 Å². The van der Waals surface area contributed by atoms with Gasteiger partial charge in [-0.2, -0.15) is 0 Å². The highest BCUT2D eigenvalue weighted by molar-refractivity contribution is 6.71. The van der Waals surface area contributed by atoms with E-state index in [1.54, 1.807) is 0 Å². The number of rotatable bonds is 16. The third-order valence-corrected chi connectivity index (χ3v) is 8.73. The Kier molecular flexibility index (Phi) is 13.3. The molecule has 0 aliphatic carbocycles. The van der Waals surface area contributed by atoms with E-state index in [4.69, 9.17) is 4.43 Å². The van der Waals surface area contributed by atoms with Crippen LogP contribution in [0.25, 0.3) is 0 Å². The molecule has 5 heteroatoms. The van der Waals surface area contributed by atoms with Crippen LogP contribution in [0.3, 0.4) is 0 Å². The van der Waals surface area contributed by atoms with Crippen LogP contribution >= 0.6 is 0 Å². The van der Waals surface area contributed by atoms with Crippen LogP contribution in [0.15, 0.2) is 0 Å². The van der Waals surface area contributed by atoms with Gasteiger partial charge in [-0.25, -0.2) is 0 Å². The van der Waals surface area contributed by atoms with Crippen LogP contribution in [-0.2, 0) is 4.43 Å². The fourth-order valence-corrected chi connectivity index (χ4v) is 5.16. The van der Waals surface area contributed by atoms with Crippen molar-refractivity contribution in [3.05, 3.63) is 0 Å². The molecule has 0 heterocycles. The molecule has 0 rings (SSSR count). The summed E-state index contributed by atoms with van der Waals surface area (Å²) >= 11 is 0. The highest BCUT2D eigenvalue weighted by Gasteiger charge is 2.37. The van der Waals surface area contributed by atoms with E-state index in [1.807, 2.05) is 7.11 Å². The van der Waals surface area contributed by atoms with Crippen molar-refractivity contribution < 1.29 is 4.43 Å². The molecule has 0 spiro atoms. The van der Waals surface area contributed by atoms with Gasteiger partial charge in [0.25, 0.3) is 0 Å². The first-order valence-electron chi connectivity index (χ1n) is 11.0. The average Bonchev–Trinajstić information content (AvgIpc) is 2.66. The van der Waals surface area contributed by atoms with Crippen LogP contribution < -0.4 is 0 Å². The highest BCUT2D eigenvalue weighted by Crippen LogP contribution is 2.32. The van der Waals surface area contributed by atoms with E-state index in [0.29, 0.717) is 5.41 Å². The summed E-state index contributed by atoms with van der Waals surface area (Å²) in [5, 5.41) is 0. The van der Waals surface area contributed by atoms with E-state index >= 15 is 0 Å². The van der Waals surface area contributed by atoms with Crippen molar-refractivity contribution in [1.29, 1.82) is 0 Å². The first-order valence-corrected chi connectivity index (χ1v) is 14.1. The zero-order valence-electron chi connectivity index (χ0n) is 19.5. The Morgan fingerprint density at radius 2 is 0.962 bits per heavy atom. The Morgan fingerprint density at radius 1 is 0.654 bits per heavy atom. The monoisotopic (exact) mass is 387 g/mol. The number of hydrogen-bond acceptors (Lipinski definition) is 4. The van der Waals surface area contributed by atoms with Crippen molar-refractivity contribution in [2.24, 2.45) is 5.41 Å². The molecule has 0 saturated heterocycles. The smallest absolute Gasteiger partial charge is 0.186 e. The fraction of sp³-hybridized carbons (Fsp3) is 1.00. The molecule has 0 unspecified atom stereocenters. The van der Waals surface area contributed by atoms with Gasteiger partial charge in [0.1, 0.15) is 0 Å². The quantitative estimate of drug-likeness (QED) is 0.369. The largest absolute Gasteiger partial charge is 0.420 e. The molecular weight excluding hydrogens is 338 g/mol. The summed E-state index contributed by atoms with van der Waals surface area (Å²) in [4.78, 5) is 7.90. The maximum Gasteiger partial charge on any atom is 0.186 e. The lowest BCUT2D eigenvalue weighted by molar-refractivity contribution is 0.0581. The minimum absolute atomic E-state index is 0.312. The molecule has 0 aromatic carbocycles. The van der Waals surface area contributed by atoms with Crippen LogP contribution in [-0.4, -0.2) is 89.0 Å². The normalized spacial score (nSPS) is 13.4. The summed E-state index contributed by atoms with van der Waals surface area (Å²) in [7, 11) is 0.353. The summed E-state index contributed by atoms with van der Waals surface area (Å²) < 4.78 is 5.90. The van der Waals surface area contributed by atoms with Gasteiger partial charge in [0.2, 0.25) is 0 Å². The summed E-state index contributed by atoms with van der Waals surface area (Å²) in [5.41, 5.74) is 0.312. The Hall–Kier alpha value is 0.0569. The van der Waals surface area contributed by atoms with Gasteiger partial charge in [0, 0.05) is 32.2 Å². The number of hydrogen-bond donors (Lipinski definition) is 0. The summed E-state index contributed by atoms with van der Waals surface area (Å²) in [5.74, 6) is 0. The van der Waals surface area contributed by atoms with Gasteiger partial charge in [0.05, 0.1) is 0 Å². The molecule has 0 aromatic rings. The molecule has 0 aliphatic heterocycles. The zero-order chi connectivity index (χ0) is 20.2. The predicted molar refractivity (Wildman–Crippen MR) is 120 cm³/mol. The summed E-state index contributed by atoms with van der Waals surface area (Å²) in [6, 6.07) is 1.24. The van der Waals surface area contributed by atoms with Crippen LogP contribution in [0.4, 0.5) is 0 Å². The van der Waals surface area contributed by atoms with E-state index in [9.17, 15) is 0 Å². The SMILES string of the molecule is CCN(CC)CC(CC[Si](C)(C)OC)(CN(CC)CC)CN(CC)CC. The van der Waals surface area contributed by atoms with Crippen LogP contribution in [0, 0.1) is 5.41 Å². The van der Waals surface area contributed by atoms with Gasteiger partial charge in [-0.1, -0.05) is 41.5 Å². The van der Waals surface area contributed by atoms with Crippen molar-refractivity contribution in [2.75, 3.05) is 66.0 Å². The molecule has 0 aromatic heterocycles. The van der Waals surface area contributed by atoms with Gasteiger partial charge in [0.15, 0.2) is 8.32 Å². The minimum atomic E-state index is -1.56. The maximum absolute atomic E-state index is 5.90. The predicted octanol–water partition coefficient (Wildman–Crippen LogP) is 4.24. The number of nitrogens with zero attached hydrogens (tertiary/aromatic N) is 3. The minimum Gasteiger partial charge on any atom is -0.420 e. The second-order valence-electron chi connectivity index (χ2n) is 8.35. The van der Waals surface area contributed by atoms with E-state index < -0.39 is 8.32 Å². The van der Waals surface area contributed by atoms with Gasteiger partial charge < -0.3 is 19.1 Å². The molecule has 26 heavy (non-hydrogen) atoms. The van der Waals surface area contributed by atoms with E-state index in [2.05, 4.69) is 69.3 Å². The second kappa shape index (κ2) is 13.3. The summed E-state index contributed by atoms with van der Waals surface area (Å²) in [6.45, 7) is 29.0. The van der Waals surface area contributed by atoms with Crippen molar-refractivity contribution in [1.82, 2.24) is 14.7 Å². The Morgan fingerprint density at radius 3 is 1.19 bits per heavy atom. The molecule has 158 valence electrons. The van der Waals surface area contributed by atoms with Crippen LogP contribution in [0.2, 0.25) is 19.1 Å². The third-order valence-electron chi connectivity index (χ3n) is 6.17. The van der Waals surface area contributed by atoms with Gasteiger partial charge in [-0.3, -0.25) is 0 Å². The molecule has 0 radical (unpaired) electrons. The van der Waals surface area contributed by atoms with Gasteiger partial charge in [-0.05, 0) is 64.8 Å². The zero-order valence-corrected chi connectivity index (χ0v) is 20.5. The standard InChI is InChI=1S/C21H49N3OSi/c1-10-22(11-2)18-21(19-23(12-3)13-4,20-24(14-5)15-6)16-17-26(8,9)25-7/h10-20H2,1-9H3.